The van der Waals surface area contributed by atoms with Crippen LogP contribution in [0.25, 0.3) is 11.0 Å². The number of aromatic amines is 2. The summed E-state index contributed by atoms with van der Waals surface area (Å²) in [5, 5.41) is 0. The summed E-state index contributed by atoms with van der Waals surface area (Å²) in [5.41, 5.74) is -0.368. The molecule has 0 radical (unpaired) electrons. The number of hydrogen-bond acceptors (Lipinski definition) is 3. The zero-order valence-corrected chi connectivity index (χ0v) is 7.88. The maximum absolute atomic E-state index is 11.2. The molecule has 2 aromatic rings. The van der Waals surface area contributed by atoms with E-state index >= 15 is 0 Å². The number of halogens is 1. The van der Waals surface area contributed by atoms with Crippen LogP contribution < -0.4 is 11.2 Å². The molecule has 0 aliphatic heterocycles. The van der Waals surface area contributed by atoms with Crippen molar-refractivity contribution in [1.82, 2.24) is 15.0 Å². The molecule has 5 nitrogen and oxygen atoms in total. The highest BCUT2D eigenvalue weighted by Gasteiger charge is 2.01. The van der Waals surface area contributed by atoms with Crippen LogP contribution in [-0.2, 0) is 0 Å². The van der Waals surface area contributed by atoms with Gasteiger partial charge in [0.05, 0.1) is 5.52 Å². The first kappa shape index (κ1) is 8.18. The molecule has 0 saturated heterocycles. The van der Waals surface area contributed by atoms with Gasteiger partial charge >= 0.3 is 5.69 Å². The van der Waals surface area contributed by atoms with Crippen molar-refractivity contribution in [3.63, 3.8) is 0 Å². The van der Waals surface area contributed by atoms with Gasteiger partial charge in [0.1, 0.15) is 4.60 Å². The minimum Gasteiger partial charge on any atom is -0.305 e. The van der Waals surface area contributed by atoms with Gasteiger partial charge in [-0.25, -0.2) is 9.78 Å². The fourth-order valence-corrected chi connectivity index (χ4v) is 1.33. The highest BCUT2D eigenvalue weighted by atomic mass is 79.9. The van der Waals surface area contributed by atoms with Crippen molar-refractivity contribution >= 4 is 27.0 Å². The molecule has 0 aromatic carbocycles. The fraction of sp³-hybridized carbons (Fsp3) is 0. The van der Waals surface area contributed by atoms with Gasteiger partial charge < -0.3 is 4.98 Å². The first-order valence-corrected chi connectivity index (χ1v) is 4.25. The summed E-state index contributed by atoms with van der Waals surface area (Å²) in [6.45, 7) is 0. The van der Waals surface area contributed by atoms with Crippen LogP contribution in [0.4, 0.5) is 0 Å². The SMILES string of the molecule is O=c1[nH]c(=O)c2nc(Br)ccc2[nH]1. The van der Waals surface area contributed by atoms with E-state index < -0.39 is 11.2 Å². The molecule has 2 aromatic heterocycles. The highest BCUT2D eigenvalue weighted by Crippen LogP contribution is 2.08. The Bertz CT molecular complexity index is 572. The Kier molecular flexibility index (Phi) is 1.77. The average molecular weight is 242 g/mol. The van der Waals surface area contributed by atoms with Crippen LogP contribution in [0.2, 0.25) is 0 Å². The largest absolute Gasteiger partial charge is 0.326 e. The summed E-state index contributed by atoms with van der Waals surface area (Å²) in [5.74, 6) is 0. The van der Waals surface area contributed by atoms with Crippen LogP contribution in [0.15, 0.2) is 26.3 Å². The van der Waals surface area contributed by atoms with E-state index in [2.05, 4.69) is 30.9 Å². The summed E-state index contributed by atoms with van der Waals surface area (Å²) < 4.78 is 0.553. The molecule has 66 valence electrons. The minimum atomic E-state index is -0.526. The Morgan fingerprint density at radius 1 is 1.23 bits per heavy atom. The standard InChI is InChI=1S/C7H4BrN3O2/c8-4-2-1-3-5(10-4)6(12)11-7(13)9-3/h1-2H,(H2,9,11,12,13). The summed E-state index contributed by atoms with van der Waals surface area (Å²) in [6, 6.07) is 3.26. The molecular formula is C7H4BrN3O2. The second kappa shape index (κ2) is 2.81. The van der Waals surface area contributed by atoms with E-state index in [-0.39, 0.29) is 5.52 Å². The number of pyridine rings is 1. The molecule has 0 aliphatic rings. The number of hydrogen-bond donors (Lipinski definition) is 2. The van der Waals surface area contributed by atoms with Gasteiger partial charge in [-0.2, -0.15) is 0 Å². The van der Waals surface area contributed by atoms with Crippen LogP contribution in [0.1, 0.15) is 0 Å². The van der Waals surface area contributed by atoms with Crippen molar-refractivity contribution in [3.8, 4) is 0 Å². The van der Waals surface area contributed by atoms with Gasteiger partial charge in [0.25, 0.3) is 5.56 Å². The number of nitrogens with zero attached hydrogens (tertiary/aromatic N) is 1. The third-order valence-corrected chi connectivity index (χ3v) is 1.99. The molecule has 0 saturated carbocycles. The number of fused-ring (bicyclic) bond motifs is 1. The molecular weight excluding hydrogens is 238 g/mol. The number of aromatic nitrogens is 3. The van der Waals surface area contributed by atoms with Gasteiger partial charge in [0.2, 0.25) is 0 Å². The third-order valence-electron chi connectivity index (χ3n) is 1.55. The quantitative estimate of drug-likeness (QED) is 0.655. The van der Waals surface area contributed by atoms with E-state index in [9.17, 15) is 9.59 Å². The molecule has 6 heteroatoms. The topological polar surface area (TPSA) is 78.6 Å². The van der Waals surface area contributed by atoms with Crippen molar-refractivity contribution in [1.29, 1.82) is 0 Å². The molecule has 0 bridgehead atoms. The van der Waals surface area contributed by atoms with E-state index in [0.29, 0.717) is 10.1 Å². The average Bonchev–Trinajstić information content (AvgIpc) is 2.06. The lowest BCUT2D eigenvalue weighted by Gasteiger charge is -1.94. The Labute approximate surface area is 80.0 Å². The monoisotopic (exact) mass is 241 g/mol. The van der Waals surface area contributed by atoms with Gasteiger partial charge in [0, 0.05) is 0 Å². The predicted octanol–water partition coefficient (Wildman–Crippen LogP) is 0.374. The van der Waals surface area contributed by atoms with E-state index in [1.807, 2.05) is 0 Å². The number of nitrogens with one attached hydrogen (secondary N) is 2. The van der Waals surface area contributed by atoms with Crippen molar-refractivity contribution in [2.45, 2.75) is 0 Å². The third kappa shape index (κ3) is 1.40. The molecule has 0 unspecified atom stereocenters. The van der Waals surface area contributed by atoms with Crippen molar-refractivity contribution < 1.29 is 0 Å². The first-order valence-electron chi connectivity index (χ1n) is 3.46. The van der Waals surface area contributed by atoms with Gasteiger partial charge in [-0.1, -0.05) is 0 Å². The zero-order valence-electron chi connectivity index (χ0n) is 6.30. The Hall–Kier alpha value is -1.43. The predicted molar refractivity (Wildman–Crippen MR) is 50.7 cm³/mol. The number of rotatable bonds is 0. The Balaban J connectivity index is 3.04. The fourth-order valence-electron chi connectivity index (χ4n) is 1.03. The molecule has 0 atom stereocenters. The molecule has 2 N–H and O–H groups in total. The van der Waals surface area contributed by atoms with Crippen LogP contribution in [-0.4, -0.2) is 15.0 Å². The summed E-state index contributed by atoms with van der Waals surface area (Å²) in [7, 11) is 0. The smallest absolute Gasteiger partial charge is 0.305 e. The van der Waals surface area contributed by atoms with Gasteiger partial charge in [0.15, 0.2) is 5.52 Å². The molecule has 2 heterocycles. The summed E-state index contributed by atoms with van der Waals surface area (Å²) in [4.78, 5) is 30.5. The van der Waals surface area contributed by atoms with Crippen LogP contribution >= 0.6 is 15.9 Å². The first-order chi connectivity index (χ1) is 6.16. The van der Waals surface area contributed by atoms with Crippen molar-refractivity contribution in [2.75, 3.05) is 0 Å². The highest BCUT2D eigenvalue weighted by molar-refractivity contribution is 9.10. The molecule has 0 aliphatic carbocycles. The lowest BCUT2D eigenvalue weighted by Crippen LogP contribution is -2.22. The van der Waals surface area contributed by atoms with E-state index in [1.165, 1.54) is 0 Å². The van der Waals surface area contributed by atoms with Crippen LogP contribution in [0.5, 0.6) is 0 Å². The summed E-state index contributed by atoms with van der Waals surface area (Å²) >= 11 is 3.13. The minimum absolute atomic E-state index is 0.217. The maximum Gasteiger partial charge on any atom is 0.326 e. The Morgan fingerprint density at radius 2 is 2.00 bits per heavy atom. The molecule has 13 heavy (non-hydrogen) atoms. The van der Waals surface area contributed by atoms with Gasteiger partial charge in [-0.3, -0.25) is 9.78 Å². The van der Waals surface area contributed by atoms with E-state index in [4.69, 9.17) is 0 Å². The van der Waals surface area contributed by atoms with E-state index in [0.717, 1.165) is 0 Å². The lowest BCUT2D eigenvalue weighted by molar-refractivity contribution is 1.06. The molecule has 0 amide bonds. The second-order valence-electron chi connectivity index (χ2n) is 2.44. The summed E-state index contributed by atoms with van der Waals surface area (Å²) in [6.07, 6.45) is 0. The van der Waals surface area contributed by atoms with Gasteiger partial charge in [-0.15, -0.1) is 0 Å². The Morgan fingerprint density at radius 3 is 2.77 bits per heavy atom. The van der Waals surface area contributed by atoms with E-state index in [1.54, 1.807) is 12.1 Å². The second-order valence-corrected chi connectivity index (χ2v) is 3.25. The maximum atomic E-state index is 11.2. The van der Waals surface area contributed by atoms with Crippen LogP contribution in [0.3, 0.4) is 0 Å². The van der Waals surface area contributed by atoms with Crippen molar-refractivity contribution in [2.24, 2.45) is 0 Å². The normalized spacial score (nSPS) is 10.5. The van der Waals surface area contributed by atoms with Crippen molar-refractivity contribution in [3.05, 3.63) is 37.6 Å². The van der Waals surface area contributed by atoms with Gasteiger partial charge in [-0.05, 0) is 28.1 Å². The lowest BCUT2D eigenvalue weighted by atomic mass is 10.4. The molecule has 2 rings (SSSR count). The molecule has 0 spiro atoms. The molecule has 0 fully saturated rings. The number of H-pyrrole nitrogens is 2. The van der Waals surface area contributed by atoms with Crippen LogP contribution in [0, 0.1) is 0 Å². The zero-order chi connectivity index (χ0) is 9.42.